The maximum Gasteiger partial charge on any atom is 0.305 e. The molecular weight excluding hydrogens is 82.0 g/mol. The Morgan fingerprint density at radius 3 is 1.83 bits per heavy atom. The SMILES string of the molecule is CC(C)C(O)=[18O]. The molecule has 0 amide bonds. The van der Waals surface area contributed by atoms with Crippen molar-refractivity contribution in [1.29, 1.82) is 0 Å². The van der Waals surface area contributed by atoms with Crippen LogP contribution in [0.25, 0.3) is 0 Å². The normalized spacial score (nSPS) is 9.17. The molecule has 0 unspecified atom stereocenters. The van der Waals surface area contributed by atoms with E-state index < -0.39 is 5.97 Å². The molecule has 0 fully saturated rings. The van der Waals surface area contributed by atoms with Gasteiger partial charge in [-0.25, -0.2) is 0 Å². The number of rotatable bonds is 1. The van der Waals surface area contributed by atoms with E-state index in [1.807, 2.05) is 0 Å². The highest BCUT2D eigenvalue weighted by Crippen LogP contribution is 1.87. The highest BCUT2D eigenvalue weighted by atomic mass is 18.1. The first-order valence-electron chi connectivity index (χ1n) is 1.87. The minimum Gasteiger partial charge on any atom is -0.481 e. The summed E-state index contributed by atoms with van der Waals surface area (Å²) in [7, 11) is 0. The third-order valence-corrected chi connectivity index (χ3v) is 0.494. The Kier molecular flexibility index (Phi) is 1.64. The lowest BCUT2D eigenvalue weighted by atomic mass is 10.2. The number of carbonyl (C=O) groups is 1. The predicted octanol–water partition coefficient (Wildman–Crippen LogP) is 0.727. The second kappa shape index (κ2) is 1.80. The minimum absolute atomic E-state index is 0.231. The van der Waals surface area contributed by atoms with Gasteiger partial charge in [-0.15, -0.1) is 0 Å². The van der Waals surface area contributed by atoms with E-state index in [1.165, 1.54) is 0 Å². The van der Waals surface area contributed by atoms with E-state index in [0.29, 0.717) is 0 Å². The number of aliphatic carboxylic acids is 1. The average molecular weight is 90.1 g/mol. The number of carboxylic acids is 1. The van der Waals surface area contributed by atoms with Gasteiger partial charge in [0, 0.05) is 0 Å². The van der Waals surface area contributed by atoms with Crippen LogP contribution in [0.15, 0.2) is 0 Å². The van der Waals surface area contributed by atoms with Gasteiger partial charge < -0.3 is 5.11 Å². The van der Waals surface area contributed by atoms with Gasteiger partial charge in [-0.1, -0.05) is 13.8 Å². The molecule has 2 heteroatoms. The van der Waals surface area contributed by atoms with Crippen LogP contribution in [-0.2, 0) is 4.79 Å². The molecule has 0 aliphatic heterocycles. The minimum atomic E-state index is -0.741. The highest BCUT2D eigenvalue weighted by molar-refractivity contribution is 5.68. The van der Waals surface area contributed by atoms with Gasteiger partial charge >= 0.3 is 5.97 Å². The molecule has 0 aromatic rings. The van der Waals surface area contributed by atoms with Crippen LogP contribution < -0.4 is 0 Å². The Morgan fingerprint density at radius 2 is 1.83 bits per heavy atom. The van der Waals surface area contributed by atoms with Gasteiger partial charge in [0.15, 0.2) is 0 Å². The number of carboxylic acid groups (broad SMARTS) is 1. The van der Waals surface area contributed by atoms with E-state index in [-0.39, 0.29) is 5.92 Å². The third kappa shape index (κ3) is 1.76. The molecule has 0 saturated heterocycles. The molecule has 6 heavy (non-hydrogen) atoms. The lowest BCUT2D eigenvalue weighted by Gasteiger charge is -1.89. The monoisotopic (exact) mass is 90.1 g/mol. The molecule has 0 bridgehead atoms. The van der Waals surface area contributed by atoms with Gasteiger partial charge in [-0.05, 0) is 0 Å². The van der Waals surface area contributed by atoms with Gasteiger partial charge in [-0.2, -0.15) is 0 Å². The van der Waals surface area contributed by atoms with Gasteiger partial charge in [0.2, 0.25) is 0 Å². The van der Waals surface area contributed by atoms with E-state index in [1.54, 1.807) is 13.8 Å². The van der Waals surface area contributed by atoms with Gasteiger partial charge in [0.25, 0.3) is 0 Å². The van der Waals surface area contributed by atoms with Gasteiger partial charge in [-0.3, -0.25) is 4.79 Å². The van der Waals surface area contributed by atoms with Crippen molar-refractivity contribution in [2.24, 2.45) is 5.92 Å². The summed E-state index contributed by atoms with van der Waals surface area (Å²) in [5.41, 5.74) is 0. The Hall–Kier alpha value is -0.530. The summed E-state index contributed by atoms with van der Waals surface area (Å²) in [6.45, 7) is 3.28. The van der Waals surface area contributed by atoms with E-state index in [4.69, 9.17) is 5.11 Å². The molecule has 0 radical (unpaired) electrons. The summed E-state index contributed by atoms with van der Waals surface area (Å²) in [6.07, 6.45) is 0. The van der Waals surface area contributed by atoms with Crippen LogP contribution in [0.3, 0.4) is 0 Å². The van der Waals surface area contributed by atoms with Crippen LogP contribution in [0.2, 0.25) is 0 Å². The molecule has 0 atom stereocenters. The van der Waals surface area contributed by atoms with Crippen LogP contribution in [0.4, 0.5) is 0 Å². The van der Waals surface area contributed by atoms with E-state index in [2.05, 4.69) is 0 Å². The summed E-state index contributed by atoms with van der Waals surface area (Å²) < 4.78 is 0. The summed E-state index contributed by atoms with van der Waals surface area (Å²) in [5.74, 6) is -0.972. The molecule has 0 aromatic carbocycles. The zero-order valence-electron chi connectivity index (χ0n) is 3.93. The van der Waals surface area contributed by atoms with Crippen LogP contribution >= 0.6 is 0 Å². The van der Waals surface area contributed by atoms with Crippen molar-refractivity contribution in [3.8, 4) is 0 Å². The molecule has 0 rings (SSSR count). The maximum atomic E-state index is 9.70. The first-order chi connectivity index (χ1) is 2.64. The van der Waals surface area contributed by atoms with E-state index in [0.717, 1.165) is 0 Å². The van der Waals surface area contributed by atoms with Crippen LogP contribution in [-0.4, -0.2) is 11.1 Å². The molecular formula is C4H8O2. The Morgan fingerprint density at radius 1 is 1.67 bits per heavy atom. The predicted molar refractivity (Wildman–Crippen MR) is 22.5 cm³/mol. The van der Waals surface area contributed by atoms with Crippen LogP contribution in [0.5, 0.6) is 0 Å². The Labute approximate surface area is 36.8 Å². The van der Waals surface area contributed by atoms with Gasteiger partial charge in [0.05, 0.1) is 5.92 Å². The molecule has 0 saturated carbocycles. The number of hydrogen-bond acceptors (Lipinski definition) is 1. The zero-order chi connectivity index (χ0) is 5.15. The second-order valence-corrected chi connectivity index (χ2v) is 1.49. The molecule has 0 aliphatic carbocycles. The Bertz CT molecular complexity index is 56.6. The second-order valence-electron chi connectivity index (χ2n) is 1.49. The van der Waals surface area contributed by atoms with Crippen LogP contribution in [0.1, 0.15) is 13.8 Å². The molecule has 36 valence electrons. The number of hydrogen-bond donors (Lipinski definition) is 1. The molecule has 0 spiro atoms. The average Bonchev–Trinajstić information content (AvgIpc) is 1.36. The smallest absolute Gasteiger partial charge is 0.305 e. The summed E-state index contributed by atoms with van der Waals surface area (Å²) in [6, 6.07) is 0. The van der Waals surface area contributed by atoms with Crippen molar-refractivity contribution >= 4 is 5.97 Å². The fourth-order valence-electron chi connectivity index (χ4n) is 0. The fraction of sp³-hybridized carbons (Fsp3) is 0.750. The first kappa shape index (κ1) is 5.47. The van der Waals surface area contributed by atoms with Crippen molar-refractivity contribution in [1.82, 2.24) is 0 Å². The third-order valence-electron chi connectivity index (χ3n) is 0.494. The van der Waals surface area contributed by atoms with Gasteiger partial charge in [0.1, 0.15) is 0 Å². The largest absolute Gasteiger partial charge is 0.481 e. The van der Waals surface area contributed by atoms with Crippen molar-refractivity contribution in [3.63, 3.8) is 0 Å². The molecule has 0 heterocycles. The Balaban J connectivity index is 3.26. The summed E-state index contributed by atoms with van der Waals surface area (Å²) in [4.78, 5) is 9.70. The van der Waals surface area contributed by atoms with Crippen molar-refractivity contribution < 1.29 is 9.90 Å². The van der Waals surface area contributed by atoms with Crippen molar-refractivity contribution in [2.75, 3.05) is 0 Å². The molecule has 1 N–H and O–H groups in total. The summed E-state index contributed by atoms with van der Waals surface area (Å²) in [5, 5.41) is 7.99. The maximum absolute atomic E-state index is 9.70. The zero-order valence-corrected chi connectivity index (χ0v) is 3.93. The molecule has 0 aromatic heterocycles. The van der Waals surface area contributed by atoms with Crippen molar-refractivity contribution in [2.45, 2.75) is 13.8 Å². The van der Waals surface area contributed by atoms with Crippen molar-refractivity contribution in [3.05, 3.63) is 0 Å². The highest BCUT2D eigenvalue weighted by Gasteiger charge is 1.99. The molecule has 2 nitrogen and oxygen atoms in total. The van der Waals surface area contributed by atoms with E-state index >= 15 is 0 Å². The van der Waals surface area contributed by atoms with E-state index in [9.17, 15) is 4.79 Å². The van der Waals surface area contributed by atoms with Crippen LogP contribution in [0, 0.1) is 5.92 Å². The fourth-order valence-corrected chi connectivity index (χ4v) is 0. The quantitative estimate of drug-likeness (QED) is 0.482. The topological polar surface area (TPSA) is 37.3 Å². The first-order valence-corrected chi connectivity index (χ1v) is 1.87. The molecule has 0 aliphatic rings. The lowest BCUT2D eigenvalue weighted by Crippen LogP contribution is -2.03. The summed E-state index contributed by atoms with van der Waals surface area (Å²) >= 11 is 0. The standard InChI is InChI=1S/C4H8O2/c1-3(2)4(5)6/h3H,1-2H3,(H,5,6)/i5+2. The lowest BCUT2D eigenvalue weighted by molar-refractivity contribution is -0.140.